The van der Waals surface area contributed by atoms with Crippen molar-refractivity contribution in [3.63, 3.8) is 0 Å². The first-order valence-corrected chi connectivity index (χ1v) is 10.9. The molecule has 2 aromatic carbocycles. The molecule has 3 rings (SSSR count). The number of hydrogen-bond donors (Lipinski definition) is 0. The molecule has 1 atom stereocenters. The number of fused-ring (bicyclic) bond motifs is 2. The van der Waals surface area contributed by atoms with E-state index in [-0.39, 0.29) is 24.8 Å². The van der Waals surface area contributed by atoms with Gasteiger partial charge in [0.05, 0.1) is 26.4 Å². The van der Waals surface area contributed by atoms with Crippen molar-refractivity contribution in [2.24, 2.45) is 0 Å². The highest BCUT2D eigenvalue weighted by Crippen LogP contribution is 2.30. The third kappa shape index (κ3) is 6.44. The van der Waals surface area contributed by atoms with Gasteiger partial charge in [-0.3, -0.25) is 9.59 Å². The summed E-state index contributed by atoms with van der Waals surface area (Å²) < 4.78 is 21.3. The van der Waals surface area contributed by atoms with E-state index in [0.717, 1.165) is 11.6 Å². The normalized spacial score (nSPS) is 13.2. The highest BCUT2D eigenvalue weighted by Gasteiger charge is 2.30. The second-order valence-electron chi connectivity index (χ2n) is 7.44. The van der Waals surface area contributed by atoms with Crippen LogP contribution < -0.4 is 0 Å². The van der Waals surface area contributed by atoms with Crippen LogP contribution in [0.25, 0.3) is 0 Å². The van der Waals surface area contributed by atoms with Crippen molar-refractivity contribution >= 4 is 17.5 Å². The molecule has 0 bridgehead atoms. The Bertz CT molecular complexity index is 1010. The Kier molecular flexibility index (Phi) is 9.06. The van der Waals surface area contributed by atoms with Crippen LogP contribution >= 0.6 is 0 Å². The van der Waals surface area contributed by atoms with Gasteiger partial charge in [0.25, 0.3) is 0 Å². The van der Waals surface area contributed by atoms with E-state index in [9.17, 15) is 14.4 Å². The van der Waals surface area contributed by atoms with Gasteiger partial charge in [-0.25, -0.2) is 4.79 Å². The molecule has 0 saturated heterocycles. The Morgan fingerprint density at radius 2 is 1.55 bits per heavy atom. The fourth-order valence-electron chi connectivity index (χ4n) is 3.62. The van der Waals surface area contributed by atoms with Gasteiger partial charge >= 0.3 is 5.97 Å². The summed E-state index contributed by atoms with van der Waals surface area (Å²) in [5.41, 5.74) is 2.74. The molecule has 0 radical (unpaired) electrons. The number of esters is 1. The third-order valence-corrected chi connectivity index (χ3v) is 5.20. The average Bonchev–Trinajstić information content (AvgIpc) is 2.84. The predicted molar refractivity (Wildman–Crippen MR) is 121 cm³/mol. The van der Waals surface area contributed by atoms with Crippen molar-refractivity contribution in [3.05, 3.63) is 82.9 Å². The zero-order chi connectivity index (χ0) is 23.6. The van der Waals surface area contributed by atoms with Gasteiger partial charge in [0, 0.05) is 28.3 Å². The van der Waals surface area contributed by atoms with Gasteiger partial charge in [0.15, 0.2) is 17.9 Å². The summed E-state index contributed by atoms with van der Waals surface area (Å²) in [7, 11) is 0. The topological polar surface area (TPSA) is 88.1 Å². The summed E-state index contributed by atoms with van der Waals surface area (Å²) in [6.07, 6.45) is 1.99. The van der Waals surface area contributed by atoms with E-state index >= 15 is 0 Å². The standard InChI is InChI=1S/C26H28O7/c1-3-23(27)33-17-15-30-14-16-32-18(2)31-13-7-9-19-8-6-12-22-24(19)26(29)21-11-5-4-10-20(21)25(22)28/h3-6,8,10-12,18H,1,7,9,13-17H2,2H3. The zero-order valence-electron chi connectivity index (χ0n) is 18.7. The molecule has 0 aliphatic heterocycles. The zero-order valence-corrected chi connectivity index (χ0v) is 18.7. The molecule has 7 nitrogen and oxygen atoms in total. The van der Waals surface area contributed by atoms with Crippen LogP contribution in [0.4, 0.5) is 0 Å². The lowest BCUT2D eigenvalue weighted by Crippen LogP contribution is -2.22. The number of ketones is 2. The minimum Gasteiger partial charge on any atom is -0.460 e. The Morgan fingerprint density at radius 1 is 0.879 bits per heavy atom. The minimum absolute atomic E-state index is 0.104. The van der Waals surface area contributed by atoms with Crippen LogP contribution in [0, 0.1) is 0 Å². The van der Waals surface area contributed by atoms with E-state index in [1.54, 1.807) is 37.3 Å². The quantitative estimate of drug-likeness (QED) is 0.170. The maximum atomic E-state index is 13.0. The van der Waals surface area contributed by atoms with E-state index in [2.05, 4.69) is 6.58 Å². The van der Waals surface area contributed by atoms with Gasteiger partial charge < -0.3 is 18.9 Å². The summed E-state index contributed by atoms with van der Waals surface area (Å²) in [6.45, 7) is 6.71. The van der Waals surface area contributed by atoms with Gasteiger partial charge in [0.1, 0.15) is 6.61 Å². The summed E-state index contributed by atoms with van der Waals surface area (Å²) in [5.74, 6) is -0.692. The largest absolute Gasteiger partial charge is 0.460 e. The molecule has 1 aliphatic carbocycles. The Hall–Kier alpha value is -3.13. The van der Waals surface area contributed by atoms with Crippen LogP contribution in [-0.4, -0.2) is 56.9 Å². The van der Waals surface area contributed by atoms with Gasteiger partial charge in [-0.15, -0.1) is 0 Å². The summed E-state index contributed by atoms with van der Waals surface area (Å²) in [6, 6.07) is 12.4. The van der Waals surface area contributed by atoms with Crippen molar-refractivity contribution in [1.82, 2.24) is 0 Å². The first kappa shape index (κ1) is 24.5. The molecule has 0 amide bonds. The van der Waals surface area contributed by atoms with Gasteiger partial charge in [-0.2, -0.15) is 0 Å². The lowest BCUT2D eigenvalue weighted by Gasteiger charge is -2.20. The van der Waals surface area contributed by atoms with Crippen LogP contribution in [0.2, 0.25) is 0 Å². The van der Waals surface area contributed by atoms with Crippen molar-refractivity contribution in [2.75, 3.05) is 33.0 Å². The molecular formula is C26H28O7. The Morgan fingerprint density at radius 3 is 2.30 bits per heavy atom. The molecule has 1 aliphatic rings. The van der Waals surface area contributed by atoms with Crippen LogP contribution in [0.15, 0.2) is 55.1 Å². The molecule has 174 valence electrons. The maximum absolute atomic E-state index is 13.0. The van der Waals surface area contributed by atoms with Crippen molar-refractivity contribution in [2.45, 2.75) is 26.1 Å². The van der Waals surface area contributed by atoms with E-state index in [1.807, 2.05) is 12.1 Å². The van der Waals surface area contributed by atoms with Gasteiger partial charge in [-0.1, -0.05) is 49.0 Å². The first-order valence-electron chi connectivity index (χ1n) is 10.9. The second kappa shape index (κ2) is 12.2. The molecular weight excluding hydrogens is 424 g/mol. The molecule has 2 aromatic rings. The molecule has 0 fully saturated rings. The van der Waals surface area contributed by atoms with E-state index < -0.39 is 12.3 Å². The molecule has 0 spiro atoms. The van der Waals surface area contributed by atoms with Gasteiger partial charge in [0.2, 0.25) is 0 Å². The minimum atomic E-state index is -0.478. The molecule has 0 aromatic heterocycles. The number of ether oxygens (including phenoxy) is 4. The smallest absolute Gasteiger partial charge is 0.330 e. The molecule has 1 unspecified atom stereocenters. The average molecular weight is 453 g/mol. The predicted octanol–water partition coefficient (Wildman–Crippen LogP) is 3.52. The fourth-order valence-corrected chi connectivity index (χ4v) is 3.62. The third-order valence-electron chi connectivity index (χ3n) is 5.20. The summed E-state index contributed by atoms with van der Waals surface area (Å²) in [5, 5.41) is 0. The lowest BCUT2D eigenvalue weighted by molar-refractivity contribution is -0.144. The molecule has 33 heavy (non-hydrogen) atoms. The number of hydrogen-bond acceptors (Lipinski definition) is 7. The van der Waals surface area contributed by atoms with Crippen LogP contribution in [0.3, 0.4) is 0 Å². The van der Waals surface area contributed by atoms with E-state index in [4.69, 9.17) is 18.9 Å². The molecule has 0 saturated carbocycles. The Labute approximate surface area is 193 Å². The number of aryl methyl sites for hydroxylation is 1. The van der Waals surface area contributed by atoms with E-state index in [0.29, 0.717) is 54.9 Å². The van der Waals surface area contributed by atoms with Crippen LogP contribution in [0.5, 0.6) is 0 Å². The van der Waals surface area contributed by atoms with Crippen molar-refractivity contribution in [3.8, 4) is 0 Å². The number of carbonyl (C=O) groups is 3. The monoisotopic (exact) mass is 452 g/mol. The SMILES string of the molecule is C=CC(=O)OCCOCCOC(C)OCCCc1cccc2c1C(=O)c1ccccc1C2=O. The molecule has 7 heteroatoms. The second-order valence-corrected chi connectivity index (χ2v) is 7.44. The van der Waals surface area contributed by atoms with Crippen LogP contribution in [0.1, 0.15) is 50.8 Å². The highest BCUT2D eigenvalue weighted by atomic mass is 16.7. The first-order chi connectivity index (χ1) is 16.0. The lowest BCUT2D eigenvalue weighted by atomic mass is 9.81. The summed E-state index contributed by atoms with van der Waals surface area (Å²) >= 11 is 0. The number of carbonyl (C=O) groups excluding carboxylic acids is 3. The summed E-state index contributed by atoms with van der Waals surface area (Å²) in [4.78, 5) is 36.7. The molecule has 0 N–H and O–H groups in total. The van der Waals surface area contributed by atoms with Crippen molar-refractivity contribution < 1.29 is 33.3 Å². The number of rotatable bonds is 13. The van der Waals surface area contributed by atoms with E-state index in [1.165, 1.54) is 0 Å². The molecule has 0 heterocycles. The fraction of sp³-hybridized carbons (Fsp3) is 0.346. The Balaban J connectivity index is 1.40. The number of benzene rings is 2. The highest BCUT2D eigenvalue weighted by molar-refractivity contribution is 6.28. The maximum Gasteiger partial charge on any atom is 0.330 e. The van der Waals surface area contributed by atoms with Crippen LogP contribution in [-0.2, 0) is 30.2 Å². The van der Waals surface area contributed by atoms with Crippen molar-refractivity contribution in [1.29, 1.82) is 0 Å². The van der Waals surface area contributed by atoms with Gasteiger partial charge in [-0.05, 0) is 25.3 Å².